The van der Waals surface area contributed by atoms with E-state index in [0.717, 1.165) is 13.0 Å². The second-order valence-corrected chi connectivity index (χ2v) is 8.17. The molecular formula is C18H35NO2. The van der Waals surface area contributed by atoms with Crippen LogP contribution >= 0.6 is 0 Å². The first-order valence-corrected chi connectivity index (χ1v) is 8.84. The molecule has 3 nitrogen and oxygen atoms in total. The van der Waals surface area contributed by atoms with Crippen molar-refractivity contribution < 1.29 is 9.47 Å². The summed E-state index contributed by atoms with van der Waals surface area (Å²) in [6, 6.07) is 0.0739. The van der Waals surface area contributed by atoms with Crippen LogP contribution in [0.3, 0.4) is 0 Å². The molecule has 0 bridgehead atoms. The van der Waals surface area contributed by atoms with Gasteiger partial charge in [-0.25, -0.2) is 0 Å². The zero-order valence-electron chi connectivity index (χ0n) is 14.7. The minimum absolute atomic E-state index is 0.0739. The fourth-order valence-corrected chi connectivity index (χ4v) is 4.65. The van der Waals surface area contributed by atoms with Crippen molar-refractivity contribution in [2.75, 3.05) is 6.61 Å². The molecule has 1 saturated carbocycles. The van der Waals surface area contributed by atoms with Gasteiger partial charge in [-0.2, -0.15) is 0 Å². The van der Waals surface area contributed by atoms with Crippen LogP contribution in [-0.4, -0.2) is 30.0 Å². The Balaban J connectivity index is 2.12. The summed E-state index contributed by atoms with van der Waals surface area (Å²) < 4.78 is 12.4. The molecule has 1 aliphatic carbocycles. The van der Waals surface area contributed by atoms with Crippen LogP contribution in [0, 0.1) is 11.8 Å². The highest BCUT2D eigenvalue weighted by Crippen LogP contribution is 2.45. The van der Waals surface area contributed by atoms with Gasteiger partial charge < -0.3 is 15.2 Å². The van der Waals surface area contributed by atoms with Crippen molar-refractivity contribution in [3.8, 4) is 0 Å². The highest BCUT2D eigenvalue weighted by atomic mass is 16.5. The summed E-state index contributed by atoms with van der Waals surface area (Å²) in [5.74, 6) is 0.999. The van der Waals surface area contributed by atoms with Crippen LogP contribution in [0.5, 0.6) is 0 Å². The number of hydrogen-bond donors (Lipinski definition) is 1. The maximum absolute atomic E-state index is 6.73. The van der Waals surface area contributed by atoms with E-state index in [-0.39, 0.29) is 23.3 Å². The molecule has 21 heavy (non-hydrogen) atoms. The Hall–Kier alpha value is -0.120. The van der Waals surface area contributed by atoms with E-state index < -0.39 is 0 Å². The molecule has 124 valence electrons. The van der Waals surface area contributed by atoms with Gasteiger partial charge in [0.05, 0.1) is 17.3 Å². The molecule has 1 saturated heterocycles. The van der Waals surface area contributed by atoms with Crippen LogP contribution in [-0.2, 0) is 9.47 Å². The molecule has 2 aliphatic rings. The maximum Gasteiger partial charge on any atom is 0.0757 e. The Labute approximate surface area is 130 Å². The van der Waals surface area contributed by atoms with E-state index in [2.05, 4.69) is 34.6 Å². The van der Waals surface area contributed by atoms with Crippen LogP contribution in [0.2, 0.25) is 0 Å². The zero-order chi connectivity index (χ0) is 15.7. The average Bonchev–Trinajstić information content (AvgIpc) is 2.64. The van der Waals surface area contributed by atoms with Gasteiger partial charge in [-0.15, -0.1) is 0 Å². The second kappa shape index (κ2) is 6.55. The first-order chi connectivity index (χ1) is 9.77. The fourth-order valence-electron chi connectivity index (χ4n) is 4.65. The summed E-state index contributed by atoms with van der Waals surface area (Å²) in [7, 11) is 0. The Morgan fingerprint density at radius 1 is 1.14 bits per heavy atom. The molecule has 3 heteroatoms. The average molecular weight is 297 g/mol. The van der Waals surface area contributed by atoms with Gasteiger partial charge in [0, 0.05) is 18.6 Å². The van der Waals surface area contributed by atoms with Gasteiger partial charge in [0.15, 0.2) is 0 Å². The number of ether oxygens (including phenoxy) is 2. The predicted molar refractivity (Wildman–Crippen MR) is 87.3 cm³/mol. The lowest BCUT2D eigenvalue weighted by Crippen LogP contribution is -2.52. The van der Waals surface area contributed by atoms with Gasteiger partial charge in [0.1, 0.15) is 0 Å². The largest absolute Gasteiger partial charge is 0.377 e. The van der Waals surface area contributed by atoms with E-state index in [1.165, 1.54) is 32.1 Å². The van der Waals surface area contributed by atoms with Gasteiger partial charge in [0.2, 0.25) is 0 Å². The minimum atomic E-state index is -0.160. The lowest BCUT2D eigenvalue weighted by atomic mass is 9.74. The van der Waals surface area contributed by atoms with E-state index in [0.29, 0.717) is 11.8 Å². The lowest BCUT2D eigenvalue weighted by molar-refractivity contribution is -0.0888. The van der Waals surface area contributed by atoms with Crippen molar-refractivity contribution in [3.63, 3.8) is 0 Å². The molecule has 1 aliphatic heterocycles. The van der Waals surface area contributed by atoms with Gasteiger partial charge in [-0.3, -0.25) is 0 Å². The van der Waals surface area contributed by atoms with E-state index in [1.807, 2.05) is 0 Å². The van der Waals surface area contributed by atoms with Gasteiger partial charge in [-0.05, 0) is 59.8 Å². The normalized spacial score (nSPS) is 32.0. The summed E-state index contributed by atoms with van der Waals surface area (Å²) in [4.78, 5) is 0. The van der Waals surface area contributed by atoms with E-state index in [4.69, 9.17) is 15.2 Å². The molecule has 0 aromatic carbocycles. The third-order valence-electron chi connectivity index (χ3n) is 5.46. The molecular weight excluding hydrogens is 262 g/mol. The molecule has 2 rings (SSSR count). The topological polar surface area (TPSA) is 44.5 Å². The summed E-state index contributed by atoms with van der Waals surface area (Å²) in [5, 5.41) is 0. The minimum Gasteiger partial charge on any atom is -0.377 e. The summed E-state index contributed by atoms with van der Waals surface area (Å²) in [6.45, 7) is 11.6. The SMILES string of the molecule is CCOC(C1CCCCC1)C(N)C1CC(C)(C)OC1(C)C. The Kier molecular flexibility index (Phi) is 5.38. The quantitative estimate of drug-likeness (QED) is 0.837. The smallest absolute Gasteiger partial charge is 0.0757 e. The lowest BCUT2D eigenvalue weighted by Gasteiger charge is -2.39. The third kappa shape index (κ3) is 4.00. The molecule has 0 amide bonds. The number of rotatable bonds is 5. The van der Waals surface area contributed by atoms with Crippen molar-refractivity contribution in [2.45, 2.75) is 96.5 Å². The molecule has 0 aromatic rings. The second-order valence-electron chi connectivity index (χ2n) is 8.17. The standard InChI is InChI=1S/C18H35NO2/c1-6-20-16(13-10-8-7-9-11-13)15(19)14-12-17(2,3)21-18(14,4)5/h13-16H,6-12,19H2,1-5H3. The molecule has 0 radical (unpaired) electrons. The predicted octanol–water partition coefficient (Wildman–Crippen LogP) is 3.89. The van der Waals surface area contributed by atoms with Crippen LogP contribution in [0.4, 0.5) is 0 Å². The molecule has 2 fully saturated rings. The fraction of sp³-hybridized carbons (Fsp3) is 1.00. The van der Waals surface area contributed by atoms with Crippen LogP contribution in [0.1, 0.15) is 73.1 Å². The van der Waals surface area contributed by atoms with Crippen LogP contribution < -0.4 is 5.73 Å². The molecule has 3 atom stereocenters. The van der Waals surface area contributed by atoms with Crippen LogP contribution in [0.15, 0.2) is 0 Å². The number of hydrogen-bond acceptors (Lipinski definition) is 3. The highest BCUT2D eigenvalue weighted by molar-refractivity contribution is 5.02. The van der Waals surface area contributed by atoms with Crippen molar-refractivity contribution >= 4 is 0 Å². The van der Waals surface area contributed by atoms with Gasteiger partial charge in [-0.1, -0.05) is 19.3 Å². The maximum atomic E-state index is 6.73. The molecule has 1 heterocycles. The Bertz CT molecular complexity index is 334. The first kappa shape index (κ1) is 17.2. The Morgan fingerprint density at radius 2 is 1.76 bits per heavy atom. The van der Waals surface area contributed by atoms with Gasteiger partial charge in [0.25, 0.3) is 0 Å². The van der Waals surface area contributed by atoms with E-state index >= 15 is 0 Å². The molecule has 3 unspecified atom stereocenters. The third-order valence-corrected chi connectivity index (χ3v) is 5.46. The molecule has 2 N–H and O–H groups in total. The summed E-state index contributed by atoms with van der Waals surface area (Å²) in [6.07, 6.45) is 7.80. The molecule has 0 aromatic heterocycles. The first-order valence-electron chi connectivity index (χ1n) is 8.84. The van der Waals surface area contributed by atoms with E-state index in [9.17, 15) is 0 Å². The Morgan fingerprint density at radius 3 is 2.24 bits per heavy atom. The van der Waals surface area contributed by atoms with E-state index in [1.54, 1.807) is 0 Å². The summed E-state index contributed by atoms with van der Waals surface area (Å²) in [5.41, 5.74) is 6.50. The highest BCUT2D eigenvalue weighted by Gasteiger charge is 2.50. The summed E-state index contributed by atoms with van der Waals surface area (Å²) >= 11 is 0. The molecule has 0 spiro atoms. The van der Waals surface area contributed by atoms with Crippen molar-refractivity contribution in [1.82, 2.24) is 0 Å². The monoisotopic (exact) mass is 297 g/mol. The number of nitrogens with two attached hydrogens (primary N) is 1. The van der Waals surface area contributed by atoms with Crippen molar-refractivity contribution in [3.05, 3.63) is 0 Å². The van der Waals surface area contributed by atoms with Crippen LogP contribution in [0.25, 0.3) is 0 Å². The van der Waals surface area contributed by atoms with Gasteiger partial charge >= 0.3 is 0 Å². The van der Waals surface area contributed by atoms with Crippen molar-refractivity contribution in [1.29, 1.82) is 0 Å². The van der Waals surface area contributed by atoms with Crippen molar-refractivity contribution in [2.24, 2.45) is 17.6 Å². The zero-order valence-corrected chi connectivity index (χ0v) is 14.7.